The summed E-state index contributed by atoms with van der Waals surface area (Å²) in [6.45, 7) is 5.68. The number of likely N-dealkylation sites (tertiary alicyclic amines) is 1. The fourth-order valence-electron chi connectivity index (χ4n) is 7.45. The van der Waals surface area contributed by atoms with Crippen LogP contribution in [0.25, 0.3) is 0 Å². The van der Waals surface area contributed by atoms with Gasteiger partial charge in [0.15, 0.2) is 0 Å². The second kappa shape index (κ2) is 6.66. The van der Waals surface area contributed by atoms with Crippen LogP contribution in [0.3, 0.4) is 0 Å². The van der Waals surface area contributed by atoms with Gasteiger partial charge in [-0.05, 0) is 79.6 Å². The zero-order valence-corrected chi connectivity index (χ0v) is 18.8. The Morgan fingerprint density at radius 2 is 2.12 bits per heavy atom. The summed E-state index contributed by atoms with van der Waals surface area (Å²) < 4.78 is 0. The van der Waals surface area contributed by atoms with Gasteiger partial charge in [0, 0.05) is 48.5 Å². The smallest absolute Gasteiger partial charge is 0.131 e. The highest BCUT2D eigenvalue weighted by Crippen LogP contribution is 2.89. The van der Waals surface area contributed by atoms with Crippen molar-refractivity contribution in [1.82, 2.24) is 15.2 Å². The Morgan fingerprint density at radius 1 is 1.25 bits per heavy atom. The van der Waals surface area contributed by atoms with Crippen LogP contribution in [0.15, 0.2) is 57.5 Å². The highest BCUT2D eigenvalue weighted by molar-refractivity contribution is 6.34. The van der Waals surface area contributed by atoms with Crippen molar-refractivity contribution in [1.29, 1.82) is 0 Å². The highest BCUT2D eigenvalue weighted by Gasteiger charge is 2.83. The number of dihydropyridines is 1. The van der Waals surface area contributed by atoms with E-state index in [2.05, 4.69) is 39.3 Å². The lowest BCUT2D eigenvalue weighted by atomic mass is 9.86. The minimum Gasteiger partial charge on any atom is -0.382 e. The molecule has 1 aromatic heterocycles. The maximum atomic E-state index is 6.25. The summed E-state index contributed by atoms with van der Waals surface area (Å²) >= 11 is 0. The predicted molar refractivity (Wildman–Crippen MR) is 128 cm³/mol. The molecule has 0 bridgehead atoms. The maximum absolute atomic E-state index is 6.25. The van der Waals surface area contributed by atoms with Crippen molar-refractivity contribution >= 4 is 19.8 Å². The molecule has 6 aliphatic rings. The van der Waals surface area contributed by atoms with E-state index in [4.69, 9.17) is 12.8 Å². The molecule has 1 aromatic rings. The zero-order chi connectivity index (χ0) is 21.5. The summed E-state index contributed by atoms with van der Waals surface area (Å²) in [5.41, 5.74) is 6.54. The van der Waals surface area contributed by atoms with E-state index in [1.165, 1.54) is 50.9 Å². The van der Waals surface area contributed by atoms with E-state index >= 15 is 0 Å². The minimum atomic E-state index is -0.0903. The van der Waals surface area contributed by atoms with Crippen LogP contribution in [0, 0.1) is 22.7 Å². The van der Waals surface area contributed by atoms with Crippen molar-refractivity contribution in [3.05, 3.63) is 53.0 Å². The number of piperidine rings is 1. The molecule has 0 amide bonds. The van der Waals surface area contributed by atoms with Gasteiger partial charge in [-0.25, -0.2) is 0 Å². The number of aromatic nitrogens is 1. The first-order chi connectivity index (χ1) is 15.6. The van der Waals surface area contributed by atoms with Gasteiger partial charge in [-0.1, -0.05) is 18.5 Å². The lowest BCUT2D eigenvalue weighted by molar-refractivity contribution is 0.125. The Hall–Kier alpha value is -2.21. The second-order valence-electron chi connectivity index (χ2n) is 11.2. The Bertz CT molecular complexity index is 1080. The topological polar surface area (TPSA) is 52.9 Å². The van der Waals surface area contributed by atoms with Crippen molar-refractivity contribution in [2.75, 3.05) is 13.1 Å². The van der Waals surface area contributed by atoms with Crippen LogP contribution in [-0.2, 0) is 6.54 Å². The molecule has 4 fully saturated rings. The number of hydrogen-bond donors (Lipinski definition) is 1. The largest absolute Gasteiger partial charge is 0.382 e. The van der Waals surface area contributed by atoms with E-state index in [0.29, 0.717) is 16.8 Å². The molecule has 0 aromatic carbocycles. The Balaban J connectivity index is 1.06. The zero-order valence-electron chi connectivity index (χ0n) is 18.8. The van der Waals surface area contributed by atoms with Crippen molar-refractivity contribution in [3.63, 3.8) is 0 Å². The molecule has 6 heteroatoms. The van der Waals surface area contributed by atoms with Gasteiger partial charge < -0.3 is 10.2 Å². The van der Waals surface area contributed by atoms with Gasteiger partial charge in [0.2, 0.25) is 0 Å². The summed E-state index contributed by atoms with van der Waals surface area (Å²) in [5, 5.41) is 3.60. The molecule has 1 spiro atoms. The van der Waals surface area contributed by atoms with E-state index < -0.39 is 0 Å². The molecule has 3 aliphatic carbocycles. The molecule has 2 radical (unpaired) electrons. The number of rotatable bonds is 5. The SMILES string of the molecule is [B]C1=C2N=C(C3CCN(C4C[C@]5(C)CC56C[C@H]46)CC3)C=C(NCc3cccnc3)C2N=C1. The summed E-state index contributed by atoms with van der Waals surface area (Å²) in [4.78, 5) is 16.7. The van der Waals surface area contributed by atoms with Crippen LogP contribution >= 0.6 is 0 Å². The molecule has 1 N–H and O–H groups in total. The summed E-state index contributed by atoms with van der Waals surface area (Å²) in [6.07, 6.45) is 14.6. The van der Waals surface area contributed by atoms with E-state index in [-0.39, 0.29) is 6.04 Å². The molecular weight excluding hydrogens is 393 g/mol. The molecule has 3 aliphatic heterocycles. The van der Waals surface area contributed by atoms with Crippen molar-refractivity contribution in [2.45, 2.75) is 57.7 Å². The number of hydrogen-bond acceptors (Lipinski definition) is 5. The van der Waals surface area contributed by atoms with Crippen LogP contribution in [0.1, 0.15) is 44.6 Å². The molecular formula is C26H30BN5. The summed E-state index contributed by atoms with van der Waals surface area (Å²) in [7, 11) is 6.25. The normalized spacial score (nSPS) is 39.8. The van der Waals surface area contributed by atoms with E-state index in [9.17, 15) is 0 Å². The molecule has 5 nitrogen and oxygen atoms in total. The average Bonchev–Trinajstić information content (AvgIpc) is 3.62. The number of nitrogens with zero attached hydrogens (tertiary/aromatic N) is 4. The summed E-state index contributed by atoms with van der Waals surface area (Å²) in [6, 6.07) is 4.82. The van der Waals surface area contributed by atoms with Crippen LogP contribution in [0.2, 0.25) is 0 Å². The van der Waals surface area contributed by atoms with Crippen LogP contribution in [-0.4, -0.2) is 54.8 Å². The average molecular weight is 423 g/mol. The fraction of sp³-hybridized carbons (Fsp3) is 0.577. The van der Waals surface area contributed by atoms with Crippen LogP contribution < -0.4 is 5.32 Å². The Kier molecular flexibility index (Phi) is 4.01. The number of pyridine rings is 1. The van der Waals surface area contributed by atoms with E-state index in [0.717, 1.165) is 40.9 Å². The van der Waals surface area contributed by atoms with Gasteiger partial charge in [0.05, 0.1) is 5.70 Å². The Labute approximate surface area is 191 Å². The van der Waals surface area contributed by atoms with Crippen LogP contribution in [0.4, 0.5) is 0 Å². The van der Waals surface area contributed by atoms with Crippen LogP contribution in [0.5, 0.6) is 0 Å². The number of fused-ring (bicyclic) bond motifs is 1. The van der Waals surface area contributed by atoms with E-state index in [1.54, 1.807) is 12.4 Å². The first-order valence-electron chi connectivity index (χ1n) is 12.3. The first-order valence-corrected chi connectivity index (χ1v) is 12.3. The molecule has 3 unspecified atom stereocenters. The van der Waals surface area contributed by atoms with Crippen molar-refractivity contribution in [3.8, 4) is 0 Å². The Morgan fingerprint density at radius 3 is 2.84 bits per heavy atom. The molecule has 1 saturated heterocycles. The standard InChI is InChI=1S/C26H30BN5/c1-25-11-22(18-10-26(18,25)15-25)32-7-4-17(5-8-32)20-9-21(24-23(31-20)19(27)14-30-24)29-13-16-3-2-6-28-12-16/h2-3,6,9,12,14,17-18,22,24,29H,4-5,7-8,10-11,13,15H2,1H3/t18-,22?,24?,25-,26?/m1/s1. The molecule has 3 saturated carbocycles. The van der Waals surface area contributed by atoms with Gasteiger partial charge in [-0.2, -0.15) is 0 Å². The maximum Gasteiger partial charge on any atom is 0.131 e. The van der Waals surface area contributed by atoms with Gasteiger partial charge in [0.1, 0.15) is 13.9 Å². The number of aliphatic imine (C=N–C) groups is 2. The van der Waals surface area contributed by atoms with Gasteiger partial charge in [-0.15, -0.1) is 0 Å². The third-order valence-electron chi connectivity index (χ3n) is 9.44. The predicted octanol–water partition coefficient (Wildman–Crippen LogP) is 3.24. The fourth-order valence-corrected chi connectivity index (χ4v) is 7.45. The van der Waals surface area contributed by atoms with Gasteiger partial charge in [-0.3, -0.25) is 15.0 Å². The summed E-state index contributed by atoms with van der Waals surface area (Å²) in [5.74, 6) is 1.50. The molecule has 5 atom stereocenters. The number of allylic oxidation sites excluding steroid dienone is 2. The number of nitrogens with one attached hydrogen (secondary N) is 1. The third-order valence-corrected chi connectivity index (χ3v) is 9.44. The van der Waals surface area contributed by atoms with Crippen molar-refractivity contribution < 1.29 is 0 Å². The second-order valence-corrected chi connectivity index (χ2v) is 11.2. The van der Waals surface area contributed by atoms with Crippen molar-refractivity contribution in [2.24, 2.45) is 32.7 Å². The highest BCUT2D eigenvalue weighted by atomic mass is 15.2. The quantitative estimate of drug-likeness (QED) is 0.740. The van der Waals surface area contributed by atoms with E-state index in [1.807, 2.05) is 12.3 Å². The van der Waals surface area contributed by atoms with Gasteiger partial charge >= 0.3 is 0 Å². The molecule has 162 valence electrons. The molecule has 7 rings (SSSR count). The lowest BCUT2D eigenvalue weighted by Gasteiger charge is -2.38. The third kappa shape index (κ3) is 2.78. The van der Waals surface area contributed by atoms with Gasteiger partial charge in [0.25, 0.3) is 0 Å². The first kappa shape index (κ1) is 19.3. The minimum absolute atomic E-state index is 0.0903. The molecule has 32 heavy (non-hydrogen) atoms. The monoisotopic (exact) mass is 423 g/mol. The molecule has 4 heterocycles. The lowest BCUT2D eigenvalue weighted by Crippen LogP contribution is -2.44.